The third-order valence-corrected chi connectivity index (χ3v) is 6.07. The Kier molecular flexibility index (Phi) is 8.00. The first-order chi connectivity index (χ1) is 16.1. The summed E-state index contributed by atoms with van der Waals surface area (Å²) in [5.74, 6) is 2.05. The average molecular weight is 450 g/mol. The van der Waals surface area contributed by atoms with Crippen LogP contribution in [-0.2, 0) is 22.5 Å². The summed E-state index contributed by atoms with van der Waals surface area (Å²) in [6.45, 7) is 7.15. The summed E-state index contributed by atoms with van der Waals surface area (Å²) >= 11 is 0. The molecule has 33 heavy (non-hydrogen) atoms. The van der Waals surface area contributed by atoms with Crippen molar-refractivity contribution in [3.8, 4) is 5.75 Å². The van der Waals surface area contributed by atoms with Gasteiger partial charge in [0.25, 0.3) is 0 Å². The zero-order valence-corrected chi connectivity index (χ0v) is 19.8. The number of para-hydroxylation sites is 2. The maximum absolute atomic E-state index is 12.1. The molecule has 1 N–H and O–H groups in total. The largest absolute Gasteiger partial charge is 0.494 e. The summed E-state index contributed by atoms with van der Waals surface area (Å²) in [6, 6.07) is 14.6. The zero-order valence-electron chi connectivity index (χ0n) is 19.8. The Labute approximate surface area is 196 Å². The Morgan fingerprint density at radius 3 is 2.76 bits per heavy atom. The molecule has 2 heterocycles. The van der Waals surface area contributed by atoms with Crippen molar-refractivity contribution in [3.63, 3.8) is 0 Å². The van der Waals surface area contributed by atoms with Crippen LogP contribution in [0.25, 0.3) is 11.0 Å². The molecule has 4 rings (SSSR count). The summed E-state index contributed by atoms with van der Waals surface area (Å²) in [6.07, 6.45) is 5.23. The highest BCUT2D eigenvalue weighted by atomic mass is 16.5. The van der Waals surface area contributed by atoms with E-state index in [1.165, 1.54) is 16.6 Å². The van der Waals surface area contributed by atoms with Gasteiger partial charge in [0.15, 0.2) is 0 Å². The van der Waals surface area contributed by atoms with Gasteiger partial charge in [-0.15, -0.1) is 0 Å². The van der Waals surface area contributed by atoms with Gasteiger partial charge in [-0.25, -0.2) is 4.98 Å². The van der Waals surface area contributed by atoms with Gasteiger partial charge in [0.05, 0.1) is 17.6 Å². The fraction of sp³-hybridized carbons (Fsp3) is 0.481. The van der Waals surface area contributed by atoms with Crippen molar-refractivity contribution in [2.75, 3.05) is 19.8 Å². The highest BCUT2D eigenvalue weighted by molar-refractivity contribution is 5.80. The van der Waals surface area contributed by atoms with Crippen LogP contribution in [0.4, 0.5) is 0 Å². The molecule has 6 nitrogen and oxygen atoms in total. The molecule has 176 valence electrons. The topological polar surface area (TPSA) is 65.4 Å². The number of imidazole rings is 1. The number of hydrogen-bond donors (Lipinski definition) is 1. The second kappa shape index (κ2) is 11.3. The second-order valence-electron chi connectivity index (χ2n) is 8.94. The summed E-state index contributed by atoms with van der Waals surface area (Å²) in [5.41, 5.74) is 4.66. The molecule has 0 radical (unpaired) electrons. The van der Waals surface area contributed by atoms with Crippen LogP contribution in [0.3, 0.4) is 0 Å². The SMILES string of the molecule is Cc1cc(C)cc(OCCCCn2c(CCCNC(=O)C3CCCO3)nc3ccccc32)c1. The Balaban J connectivity index is 1.27. The molecule has 1 aliphatic heterocycles. The number of benzene rings is 2. The summed E-state index contributed by atoms with van der Waals surface area (Å²) in [5, 5.41) is 3.01. The lowest BCUT2D eigenvalue weighted by molar-refractivity contribution is -0.130. The van der Waals surface area contributed by atoms with Crippen LogP contribution in [-0.4, -0.2) is 41.3 Å². The molecular weight excluding hydrogens is 414 g/mol. The number of hydrogen-bond acceptors (Lipinski definition) is 4. The molecule has 1 saturated heterocycles. The number of aryl methyl sites for hydroxylation is 4. The van der Waals surface area contributed by atoms with Gasteiger partial charge in [-0.05, 0) is 81.3 Å². The monoisotopic (exact) mass is 449 g/mol. The molecule has 1 aliphatic rings. The van der Waals surface area contributed by atoms with Crippen molar-refractivity contribution in [2.45, 2.75) is 65.0 Å². The first-order valence-electron chi connectivity index (χ1n) is 12.1. The summed E-state index contributed by atoms with van der Waals surface area (Å²) in [7, 11) is 0. The van der Waals surface area contributed by atoms with Crippen LogP contribution in [0.1, 0.15) is 49.1 Å². The Bertz CT molecular complexity index is 1050. The van der Waals surface area contributed by atoms with Crippen LogP contribution in [0.2, 0.25) is 0 Å². The van der Waals surface area contributed by atoms with E-state index in [2.05, 4.69) is 60.1 Å². The van der Waals surface area contributed by atoms with Gasteiger partial charge in [0, 0.05) is 26.1 Å². The fourth-order valence-corrected chi connectivity index (χ4v) is 4.50. The lowest BCUT2D eigenvalue weighted by Gasteiger charge is -2.12. The maximum atomic E-state index is 12.1. The number of nitrogens with zero attached hydrogens (tertiary/aromatic N) is 2. The minimum Gasteiger partial charge on any atom is -0.494 e. The van der Waals surface area contributed by atoms with Crippen LogP contribution in [0, 0.1) is 13.8 Å². The van der Waals surface area contributed by atoms with Gasteiger partial charge < -0.3 is 19.4 Å². The van der Waals surface area contributed by atoms with Crippen molar-refractivity contribution < 1.29 is 14.3 Å². The van der Waals surface area contributed by atoms with Crippen molar-refractivity contribution in [3.05, 3.63) is 59.4 Å². The van der Waals surface area contributed by atoms with E-state index in [0.717, 1.165) is 62.2 Å². The number of aromatic nitrogens is 2. The first kappa shape index (κ1) is 23.3. The molecule has 1 atom stereocenters. The molecular formula is C27H35N3O3. The Hall–Kier alpha value is -2.86. The van der Waals surface area contributed by atoms with Gasteiger partial charge in [-0.2, -0.15) is 0 Å². The summed E-state index contributed by atoms with van der Waals surface area (Å²) in [4.78, 5) is 17.0. The van der Waals surface area contributed by atoms with Gasteiger partial charge in [-0.1, -0.05) is 18.2 Å². The van der Waals surface area contributed by atoms with Crippen molar-refractivity contribution in [2.24, 2.45) is 0 Å². The van der Waals surface area contributed by atoms with E-state index in [4.69, 9.17) is 14.5 Å². The molecule has 0 spiro atoms. The van der Waals surface area contributed by atoms with Crippen LogP contribution in [0.5, 0.6) is 5.75 Å². The molecule has 3 aromatic rings. The van der Waals surface area contributed by atoms with E-state index < -0.39 is 0 Å². The third kappa shape index (κ3) is 6.35. The smallest absolute Gasteiger partial charge is 0.249 e. The van der Waals surface area contributed by atoms with E-state index in [-0.39, 0.29) is 12.0 Å². The Morgan fingerprint density at radius 1 is 1.15 bits per heavy atom. The van der Waals surface area contributed by atoms with E-state index in [9.17, 15) is 4.79 Å². The molecule has 1 unspecified atom stereocenters. The average Bonchev–Trinajstić information content (AvgIpc) is 3.44. The van der Waals surface area contributed by atoms with Gasteiger partial charge in [0.2, 0.25) is 5.91 Å². The number of ether oxygens (including phenoxy) is 2. The lowest BCUT2D eigenvalue weighted by atomic mass is 10.1. The Morgan fingerprint density at radius 2 is 1.97 bits per heavy atom. The van der Waals surface area contributed by atoms with E-state index >= 15 is 0 Å². The van der Waals surface area contributed by atoms with Crippen LogP contribution < -0.4 is 10.1 Å². The first-order valence-corrected chi connectivity index (χ1v) is 12.1. The molecule has 6 heteroatoms. The molecule has 1 fully saturated rings. The molecule has 2 aromatic carbocycles. The summed E-state index contributed by atoms with van der Waals surface area (Å²) < 4.78 is 13.8. The lowest BCUT2D eigenvalue weighted by Crippen LogP contribution is -2.34. The predicted octanol–water partition coefficient (Wildman–Crippen LogP) is 4.74. The minimum atomic E-state index is -0.263. The number of carbonyl (C=O) groups is 1. The number of fused-ring (bicyclic) bond motifs is 1. The highest BCUT2D eigenvalue weighted by Gasteiger charge is 2.22. The second-order valence-corrected chi connectivity index (χ2v) is 8.94. The quantitative estimate of drug-likeness (QED) is 0.430. The number of amides is 1. The van der Waals surface area contributed by atoms with E-state index in [1.54, 1.807) is 0 Å². The third-order valence-electron chi connectivity index (χ3n) is 6.07. The van der Waals surface area contributed by atoms with Gasteiger partial charge in [-0.3, -0.25) is 4.79 Å². The number of rotatable bonds is 11. The highest BCUT2D eigenvalue weighted by Crippen LogP contribution is 2.19. The molecule has 1 aromatic heterocycles. The number of carbonyl (C=O) groups excluding carboxylic acids is 1. The predicted molar refractivity (Wildman–Crippen MR) is 131 cm³/mol. The van der Waals surface area contributed by atoms with Crippen LogP contribution >= 0.6 is 0 Å². The van der Waals surface area contributed by atoms with E-state index in [1.807, 2.05) is 6.07 Å². The molecule has 0 aliphatic carbocycles. The van der Waals surface area contributed by atoms with Gasteiger partial charge >= 0.3 is 0 Å². The number of unbranched alkanes of at least 4 members (excludes halogenated alkanes) is 1. The van der Waals surface area contributed by atoms with Crippen molar-refractivity contribution in [1.82, 2.24) is 14.9 Å². The fourth-order valence-electron chi connectivity index (χ4n) is 4.50. The zero-order chi connectivity index (χ0) is 23.0. The number of nitrogens with one attached hydrogen (secondary N) is 1. The van der Waals surface area contributed by atoms with Crippen molar-refractivity contribution in [1.29, 1.82) is 0 Å². The molecule has 0 bridgehead atoms. The molecule has 0 saturated carbocycles. The molecule has 1 amide bonds. The van der Waals surface area contributed by atoms with Crippen molar-refractivity contribution >= 4 is 16.9 Å². The maximum Gasteiger partial charge on any atom is 0.249 e. The normalized spacial score (nSPS) is 15.8. The van der Waals surface area contributed by atoms with Gasteiger partial charge in [0.1, 0.15) is 17.7 Å². The van der Waals surface area contributed by atoms with E-state index in [0.29, 0.717) is 19.8 Å². The minimum absolute atomic E-state index is 0.0183. The van der Waals surface area contributed by atoms with Crippen LogP contribution in [0.15, 0.2) is 42.5 Å². The standard InChI is InChI=1S/C27H35N3O3/c1-20-17-21(2)19-22(18-20)32-15-6-5-14-30-24-10-4-3-9-23(24)29-26(30)12-7-13-28-27(31)25-11-8-16-33-25/h3-4,9-10,17-19,25H,5-8,11-16H2,1-2H3,(H,28,31).